The fourth-order valence-electron chi connectivity index (χ4n) is 5.06. The van der Waals surface area contributed by atoms with Crippen LogP contribution in [0.3, 0.4) is 0 Å². The van der Waals surface area contributed by atoms with Gasteiger partial charge in [0.15, 0.2) is 0 Å². The average molecular weight is 369 g/mol. The summed E-state index contributed by atoms with van der Waals surface area (Å²) >= 11 is 0. The zero-order valence-corrected chi connectivity index (χ0v) is 18.5. The number of hydrogen-bond acceptors (Lipinski definition) is 2. The molecule has 0 N–H and O–H groups in total. The lowest BCUT2D eigenvalue weighted by Crippen LogP contribution is -2.74. The standard InChI is InChI=1S/C23H32O2Si/c1-14-9-16(3)22(17(4)10-14)26(21(8)25-20(7)13-24-26)23-18(5)11-15(2)12-19(23)6/h9-12,20-21H,13H2,1-8H3/t20-,21-/m1/s1. The molecule has 1 fully saturated rings. The molecule has 1 heterocycles. The molecule has 2 atom stereocenters. The van der Waals surface area contributed by atoms with Gasteiger partial charge in [0.05, 0.1) is 18.4 Å². The van der Waals surface area contributed by atoms with Gasteiger partial charge in [0, 0.05) is 0 Å². The van der Waals surface area contributed by atoms with E-state index in [0.717, 1.165) is 0 Å². The third-order valence-electron chi connectivity index (χ3n) is 5.65. The van der Waals surface area contributed by atoms with Crippen molar-refractivity contribution in [1.82, 2.24) is 0 Å². The molecule has 140 valence electrons. The Bertz CT molecular complexity index is 737. The van der Waals surface area contributed by atoms with E-state index in [0.29, 0.717) is 6.61 Å². The Labute approximate surface area is 159 Å². The van der Waals surface area contributed by atoms with Crippen molar-refractivity contribution < 1.29 is 9.16 Å². The zero-order chi connectivity index (χ0) is 19.2. The highest BCUT2D eigenvalue weighted by Crippen LogP contribution is 2.27. The number of aryl methyl sites for hydroxylation is 6. The first-order chi connectivity index (χ1) is 12.2. The van der Waals surface area contributed by atoms with Gasteiger partial charge >= 0.3 is 0 Å². The minimum Gasteiger partial charge on any atom is -0.403 e. The highest BCUT2D eigenvalue weighted by Gasteiger charge is 2.52. The molecule has 1 aliphatic rings. The van der Waals surface area contributed by atoms with E-state index in [2.05, 4.69) is 79.7 Å². The molecule has 0 unspecified atom stereocenters. The van der Waals surface area contributed by atoms with Gasteiger partial charge in [-0.2, -0.15) is 0 Å². The summed E-state index contributed by atoms with van der Waals surface area (Å²) < 4.78 is 13.3. The van der Waals surface area contributed by atoms with Crippen molar-refractivity contribution >= 4 is 18.7 Å². The fraction of sp³-hybridized carbons (Fsp3) is 0.478. The Kier molecular flexibility index (Phi) is 5.17. The second kappa shape index (κ2) is 6.95. The largest absolute Gasteiger partial charge is 0.403 e. The molecule has 2 nitrogen and oxygen atoms in total. The Morgan fingerprint density at radius 2 is 1.12 bits per heavy atom. The molecular formula is C23H32O2Si. The second-order valence-corrected chi connectivity index (χ2v) is 11.8. The van der Waals surface area contributed by atoms with Crippen LogP contribution in [0.1, 0.15) is 47.2 Å². The number of ether oxygens (including phenoxy) is 1. The minimum atomic E-state index is -2.53. The van der Waals surface area contributed by atoms with Crippen LogP contribution >= 0.6 is 0 Å². The SMILES string of the molecule is Cc1cc(C)c([Si]2(c3c(C)cc(C)cc3C)OC[C@@H](C)O[C@H]2C)c(C)c1. The Hall–Kier alpha value is -1.42. The van der Waals surface area contributed by atoms with Crippen molar-refractivity contribution in [1.29, 1.82) is 0 Å². The predicted octanol–water partition coefficient (Wildman–Crippen LogP) is 3.96. The summed E-state index contributed by atoms with van der Waals surface area (Å²) in [5, 5.41) is 2.80. The first kappa shape index (κ1) is 19.3. The summed E-state index contributed by atoms with van der Waals surface area (Å²) in [6.45, 7) is 18.3. The van der Waals surface area contributed by atoms with Gasteiger partial charge in [-0.25, -0.2) is 0 Å². The summed E-state index contributed by atoms with van der Waals surface area (Å²) in [5.41, 5.74) is 8.02. The monoisotopic (exact) mass is 368 g/mol. The van der Waals surface area contributed by atoms with Crippen LogP contribution in [0.2, 0.25) is 0 Å². The summed E-state index contributed by atoms with van der Waals surface area (Å²) in [5.74, 6) is 0. The van der Waals surface area contributed by atoms with Crippen LogP contribution in [0, 0.1) is 41.5 Å². The van der Waals surface area contributed by atoms with Gasteiger partial charge in [0.2, 0.25) is 0 Å². The molecule has 0 amide bonds. The van der Waals surface area contributed by atoms with Crippen molar-refractivity contribution in [3.8, 4) is 0 Å². The van der Waals surface area contributed by atoms with Crippen LogP contribution in [0.15, 0.2) is 24.3 Å². The summed E-state index contributed by atoms with van der Waals surface area (Å²) in [7, 11) is -2.53. The van der Waals surface area contributed by atoms with E-state index < -0.39 is 8.32 Å². The fourth-order valence-corrected chi connectivity index (χ4v) is 10.2. The van der Waals surface area contributed by atoms with E-state index in [1.807, 2.05) is 0 Å². The van der Waals surface area contributed by atoms with Gasteiger partial charge in [-0.3, -0.25) is 0 Å². The van der Waals surface area contributed by atoms with Gasteiger partial charge < -0.3 is 9.16 Å². The highest BCUT2D eigenvalue weighted by molar-refractivity contribution is 6.99. The highest BCUT2D eigenvalue weighted by atomic mass is 28.4. The van der Waals surface area contributed by atoms with E-state index >= 15 is 0 Å². The second-order valence-electron chi connectivity index (χ2n) is 8.18. The van der Waals surface area contributed by atoms with Gasteiger partial charge in [0.25, 0.3) is 8.32 Å². The Morgan fingerprint density at radius 3 is 1.46 bits per heavy atom. The number of rotatable bonds is 2. The summed E-state index contributed by atoms with van der Waals surface area (Å²) in [4.78, 5) is 0. The third kappa shape index (κ3) is 3.06. The molecule has 0 aromatic heterocycles. The Balaban J connectivity index is 2.37. The van der Waals surface area contributed by atoms with E-state index in [1.165, 1.54) is 43.8 Å². The van der Waals surface area contributed by atoms with Gasteiger partial charge in [-0.15, -0.1) is 0 Å². The molecule has 3 rings (SSSR count). The molecule has 0 spiro atoms. The number of benzene rings is 2. The van der Waals surface area contributed by atoms with Crippen LogP contribution in [-0.4, -0.2) is 26.8 Å². The Morgan fingerprint density at radius 1 is 0.731 bits per heavy atom. The minimum absolute atomic E-state index is 0.0754. The lowest BCUT2D eigenvalue weighted by molar-refractivity contribution is -0.0249. The van der Waals surface area contributed by atoms with E-state index in [1.54, 1.807) is 0 Å². The molecule has 1 aliphatic heterocycles. The van der Waals surface area contributed by atoms with Crippen LogP contribution in [0.5, 0.6) is 0 Å². The molecule has 0 bridgehead atoms. The molecule has 0 saturated carbocycles. The lowest BCUT2D eigenvalue weighted by Gasteiger charge is -2.45. The zero-order valence-electron chi connectivity index (χ0n) is 17.5. The smallest absolute Gasteiger partial charge is 0.285 e. The number of hydrogen-bond donors (Lipinski definition) is 0. The van der Waals surface area contributed by atoms with Crippen LogP contribution in [0.25, 0.3) is 0 Å². The van der Waals surface area contributed by atoms with Crippen LogP contribution < -0.4 is 10.4 Å². The molecule has 0 aliphatic carbocycles. The van der Waals surface area contributed by atoms with Crippen molar-refractivity contribution in [2.24, 2.45) is 0 Å². The van der Waals surface area contributed by atoms with E-state index in [4.69, 9.17) is 9.16 Å². The molecule has 1 saturated heterocycles. The van der Waals surface area contributed by atoms with Crippen LogP contribution in [-0.2, 0) is 9.16 Å². The van der Waals surface area contributed by atoms with Gasteiger partial charge in [-0.05, 0) is 88.0 Å². The average Bonchev–Trinajstić information content (AvgIpc) is 2.48. The van der Waals surface area contributed by atoms with Crippen LogP contribution in [0.4, 0.5) is 0 Å². The van der Waals surface area contributed by atoms with E-state index in [-0.39, 0.29) is 11.8 Å². The van der Waals surface area contributed by atoms with Gasteiger partial charge in [-0.1, -0.05) is 35.4 Å². The van der Waals surface area contributed by atoms with Crippen molar-refractivity contribution in [2.75, 3.05) is 6.61 Å². The first-order valence-electron chi connectivity index (χ1n) is 9.63. The van der Waals surface area contributed by atoms with Crippen molar-refractivity contribution in [2.45, 2.75) is 67.2 Å². The maximum atomic E-state index is 6.88. The molecular weight excluding hydrogens is 336 g/mol. The molecule has 3 heteroatoms. The quantitative estimate of drug-likeness (QED) is 0.747. The maximum absolute atomic E-state index is 6.88. The molecule has 26 heavy (non-hydrogen) atoms. The first-order valence-corrected chi connectivity index (χ1v) is 11.6. The molecule has 2 aromatic rings. The predicted molar refractivity (Wildman–Crippen MR) is 112 cm³/mol. The molecule has 2 aromatic carbocycles. The van der Waals surface area contributed by atoms with Crippen molar-refractivity contribution in [3.63, 3.8) is 0 Å². The maximum Gasteiger partial charge on any atom is 0.285 e. The normalized spacial score (nSPS) is 22.5. The lowest BCUT2D eigenvalue weighted by atomic mass is 10.1. The topological polar surface area (TPSA) is 18.5 Å². The molecule has 0 radical (unpaired) electrons. The van der Waals surface area contributed by atoms with Crippen molar-refractivity contribution in [3.05, 3.63) is 57.6 Å². The third-order valence-corrected chi connectivity index (χ3v) is 10.6. The van der Waals surface area contributed by atoms with Gasteiger partial charge in [0.1, 0.15) is 0 Å². The van der Waals surface area contributed by atoms with E-state index in [9.17, 15) is 0 Å². The summed E-state index contributed by atoms with van der Waals surface area (Å²) in [6, 6.07) is 9.18. The summed E-state index contributed by atoms with van der Waals surface area (Å²) in [6.07, 6.45) is 0.141.